The van der Waals surface area contributed by atoms with Gasteiger partial charge in [-0.15, -0.1) is 0 Å². The van der Waals surface area contributed by atoms with Crippen LogP contribution in [0.5, 0.6) is 0 Å². The standard InChI is InChI=1S/C29H32N6O5S/c1-32-17-25(14-30-32)23-6-4-21(5-7-23)22-8-10-24(11-9-22)26-31-29(18-33(19-29)28(37)40-2)27(36)35(26)16-20-12-13-34(15-20)41(3,38)39/h4-11,14,17,20H,12-13,15-16,18-19H2,1-3H3. The van der Waals surface area contributed by atoms with Crippen molar-refractivity contribution >= 4 is 27.9 Å². The van der Waals surface area contributed by atoms with E-state index in [1.807, 2.05) is 43.7 Å². The molecule has 1 aromatic heterocycles. The number of aromatic nitrogens is 2. The molecule has 214 valence electrons. The maximum absolute atomic E-state index is 13.7. The summed E-state index contributed by atoms with van der Waals surface area (Å²) in [6.45, 7) is 1.47. The van der Waals surface area contributed by atoms with Crippen LogP contribution < -0.4 is 0 Å². The first kappa shape index (κ1) is 27.2. The zero-order chi connectivity index (χ0) is 28.9. The lowest BCUT2D eigenvalue weighted by Crippen LogP contribution is -2.66. The number of hydrogen-bond acceptors (Lipinski definition) is 7. The monoisotopic (exact) mass is 576 g/mol. The third-order valence-corrected chi connectivity index (χ3v) is 9.38. The molecule has 3 aliphatic rings. The van der Waals surface area contributed by atoms with Crippen LogP contribution in [0.1, 0.15) is 12.0 Å². The number of amidine groups is 1. The van der Waals surface area contributed by atoms with E-state index in [2.05, 4.69) is 29.4 Å². The number of nitrogens with zero attached hydrogens (tertiary/aromatic N) is 6. The van der Waals surface area contributed by atoms with Crippen LogP contribution in [0.25, 0.3) is 22.3 Å². The fourth-order valence-corrected chi connectivity index (χ4v) is 6.76. The second kappa shape index (κ2) is 10.1. The number of methoxy groups -OCH3 is 1. The Balaban J connectivity index is 1.25. The van der Waals surface area contributed by atoms with Gasteiger partial charge in [0, 0.05) is 44.0 Å². The normalized spacial score (nSPS) is 20.4. The summed E-state index contributed by atoms with van der Waals surface area (Å²) in [6, 6.07) is 16.2. The Hall–Kier alpha value is -4.03. The van der Waals surface area contributed by atoms with Crippen LogP contribution in [0.2, 0.25) is 0 Å². The number of benzene rings is 2. The lowest BCUT2D eigenvalue weighted by atomic mass is 9.90. The van der Waals surface area contributed by atoms with E-state index >= 15 is 0 Å². The van der Waals surface area contributed by atoms with Gasteiger partial charge in [0.2, 0.25) is 10.0 Å². The molecule has 2 saturated heterocycles. The second-order valence-electron chi connectivity index (χ2n) is 11.0. The van der Waals surface area contributed by atoms with Crippen LogP contribution in [0.15, 0.2) is 65.9 Å². The van der Waals surface area contributed by atoms with Crippen molar-refractivity contribution in [2.24, 2.45) is 18.0 Å². The van der Waals surface area contributed by atoms with Crippen LogP contribution in [0.3, 0.4) is 0 Å². The zero-order valence-electron chi connectivity index (χ0n) is 23.2. The van der Waals surface area contributed by atoms with Crippen molar-refractivity contribution in [3.63, 3.8) is 0 Å². The van der Waals surface area contributed by atoms with Gasteiger partial charge in [0.1, 0.15) is 5.84 Å². The quantitative estimate of drug-likeness (QED) is 0.445. The Morgan fingerprint density at radius 1 is 1.00 bits per heavy atom. The number of amides is 2. The summed E-state index contributed by atoms with van der Waals surface area (Å²) in [5, 5.41) is 4.24. The highest BCUT2D eigenvalue weighted by molar-refractivity contribution is 7.88. The maximum atomic E-state index is 13.7. The van der Waals surface area contributed by atoms with Crippen LogP contribution in [0.4, 0.5) is 4.79 Å². The van der Waals surface area contributed by atoms with E-state index < -0.39 is 21.7 Å². The van der Waals surface area contributed by atoms with Crippen molar-refractivity contribution in [2.75, 3.05) is 46.1 Å². The van der Waals surface area contributed by atoms with Crippen molar-refractivity contribution in [1.29, 1.82) is 0 Å². The Labute approximate surface area is 239 Å². The molecule has 1 atom stereocenters. The van der Waals surface area contributed by atoms with Crippen molar-refractivity contribution in [2.45, 2.75) is 12.0 Å². The van der Waals surface area contributed by atoms with E-state index in [-0.39, 0.29) is 24.9 Å². The molecule has 41 heavy (non-hydrogen) atoms. The molecule has 3 aliphatic heterocycles. The molecule has 0 N–H and O–H groups in total. The SMILES string of the molecule is COC(=O)N1CC2(C1)N=C(c1ccc(-c3ccc(-c4cnn(C)c4)cc3)cc1)N(CC1CCN(S(C)(=O)=O)C1)C2=O. The van der Waals surface area contributed by atoms with Crippen molar-refractivity contribution < 1.29 is 22.7 Å². The minimum atomic E-state index is -3.30. The number of aryl methyl sites for hydroxylation is 1. The molecular formula is C29H32N6O5S. The first-order chi connectivity index (χ1) is 19.6. The van der Waals surface area contributed by atoms with E-state index in [1.54, 1.807) is 9.58 Å². The van der Waals surface area contributed by atoms with E-state index in [4.69, 9.17) is 9.73 Å². The van der Waals surface area contributed by atoms with Gasteiger partial charge >= 0.3 is 6.09 Å². The molecule has 1 spiro atoms. The largest absolute Gasteiger partial charge is 0.453 e. The molecule has 6 rings (SSSR count). The Bertz CT molecular complexity index is 1620. The third-order valence-electron chi connectivity index (χ3n) is 8.11. The predicted octanol–water partition coefficient (Wildman–Crippen LogP) is 2.45. The minimum absolute atomic E-state index is 0.0107. The van der Waals surface area contributed by atoms with Gasteiger partial charge in [-0.25, -0.2) is 22.5 Å². The van der Waals surface area contributed by atoms with E-state index in [1.165, 1.54) is 22.6 Å². The molecule has 4 heterocycles. The molecule has 0 saturated carbocycles. The number of likely N-dealkylation sites (tertiary alicyclic amines) is 1. The summed E-state index contributed by atoms with van der Waals surface area (Å²) in [5.41, 5.74) is 3.97. The smallest absolute Gasteiger partial charge is 0.409 e. The van der Waals surface area contributed by atoms with Gasteiger partial charge < -0.3 is 9.64 Å². The molecule has 0 aliphatic carbocycles. The summed E-state index contributed by atoms with van der Waals surface area (Å²) in [7, 11) is -0.0921. The molecule has 0 radical (unpaired) electrons. The van der Waals surface area contributed by atoms with Gasteiger partial charge in [-0.05, 0) is 29.0 Å². The number of carbonyl (C=O) groups is 2. The van der Waals surface area contributed by atoms with Gasteiger partial charge in [0.05, 0.1) is 32.7 Å². The van der Waals surface area contributed by atoms with Crippen LogP contribution in [-0.4, -0.2) is 102 Å². The van der Waals surface area contributed by atoms with Crippen LogP contribution in [-0.2, 0) is 26.6 Å². The summed E-state index contributed by atoms with van der Waals surface area (Å²) < 4.78 is 32.2. The molecule has 2 aromatic carbocycles. The van der Waals surface area contributed by atoms with Gasteiger partial charge in [-0.2, -0.15) is 5.10 Å². The van der Waals surface area contributed by atoms with Crippen molar-refractivity contribution in [1.82, 2.24) is 23.9 Å². The molecule has 0 bridgehead atoms. The number of rotatable bonds is 6. The number of sulfonamides is 1. The lowest BCUT2D eigenvalue weighted by molar-refractivity contribution is -0.136. The van der Waals surface area contributed by atoms with Gasteiger partial charge in [-0.3, -0.25) is 14.4 Å². The third kappa shape index (κ3) is 5.02. The molecule has 1 unspecified atom stereocenters. The summed E-state index contributed by atoms with van der Waals surface area (Å²) in [4.78, 5) is 33.8. The number of carbonyl (C=O) groups excluding carboxylic acids is 2. The summed E-state index contributed by atoms with van der Waals surface area (Å²) in [5.74, 6) is 0.375. The highest BCUT2D eigenvalue weighted by Crippen LogP contribution is 2.36. The van der Waals surface area contributed by atoms with Crippen molar-refractivity contribution in [3.8, 4) is 22.3 Å². The Morgan fingerprint density at radius 3 is 2.10 bits per heavy atom. The molecule has 2 amide bonds. The highest BCUT2D eigenvalue weighted by atomic mass is 32.2. The lowest BCUT2D eigenvalue weighted by Gasteiger charge is -2.43. The molecule has 3 aromatic rings. The fourth-order valence-electron chi connectivity index (χ4n) is 5.84. The first-order valence-corrected chi connectivity index (χ1v) is 15.3. The van der Waals surface area contributed by atoms with Crippen molar-refractivity contribution in [3.05, 3.63) is 66.5 Å². The first-order valence-electron chi connectivity index (χ1n) is 13.5. The zero-order valence-corrected chi connectivity index (χ0v) is 24.0. The summed E-state index contributed by atoms with van der Waals surface area (Å²) >= 11 is 0. The topological polar surface area (TPSA) is 117 Å². The van der Waals surface area contributed by atoms with Crippen LogP contribution in [0, 0.1) is 5.92 Å². The van der Waals surface area contributed by atoms with Gasteiger partial charge in [0.25, 0.3) is 5.91 Å². The average molecular weight is 577 g/mol. The Morgan fingerprint density at radius 2 is 1.59 bits per heavy atom. The summed E-state index contributed by atoms with van der Waals surface area (Å²) in [6.07, 6.45) is 5.20. The van der Waals surface area contributed by atoms with E-state index in [0.29, 0.717) is 31.9 Å². The number of ether oxygens (including phenoxy) is 1. The van der Waals surface area contributed by atoms with E-state index in [9.17, 15) is 18.0 Å². The van der Waals surface area contributed by atoms with Gasteiger partial charge in [-0.1, -0.05) is 48.5 Å². The highest BCUT2D eigenvalue weighted by Gasteiger charge is 2.58. The van der Waals surface area contributed by atoms with E-state index in [0.717, 1.165) is 27.8 Å². The number of aliphatic imine (C=N–C) groups is 1. The predicted molar refractivity (Wildman–Crippen MR) is 154 cm³/mol. The number of hydrogen-bond donors (Lipinski definition) is 0. The Kier molecular flexibility index (Phi) is 6.69. The minimum Gasteiger partial charge on any atom is -0.453 e. The second-order valence-corrected chi connectivity index (χ2v) is 13.0. The fraction of sp³-hybridized carbons (Fsp3) is 0.379. The van der Waals surface area contributed by atoms with Crippen LogP contribution >= 0.6 is 0 Å². The molecular weight excluding hydrogens is 544 g/mol. The molecule has 11 nitrogen and oxygen atoms in total. The molecule has 2 fully saturated rings. The average Bonchev–Trinajstić information content (AvgIpc) is 3.66. The maximum Gasteiger partial charge on any atom is 0.409 e. The molecule has 12 heteroatoms. The van der Waals surface area contributed by atoms with Gasteiger partial charge in [0.15, 0.2) is 5.54 Å².